The standard InChI is InChI=1S/C15H15FN2O/c16-13-5-1-2-6-14(13)19-12-8-10-18(11-12)15-7-3-4-9-17-15/h1-7,9,12H,8,10-11H2. The summed E-state index contributed by atoms with van der Waals surface area (Å²) in [5.74, 6) is 0.969. The molecule has 1 atom stereocenters. The Morgan fingerprint density at radius 3 is 2.79 bits per heavy atom. The molecule has 2 aromatic rings. The van der Waals surface area contributed by atoms with Crippen molar-refractivity contribution in [3.05, 3.63) is 54.5 Å². The van der Waals surface area contributed by atoms with Gasteiger partial charge >= 0.3 is 0 Å². The molecule has 98 valence electrons. The predicted molar refractivity (Wildman–Crippen MR) is 71.9 cm³/mol. The second-order valence-corrected chi connectivity index (χ2v) is 4.59. The molecule has 1 unspecified atom stereocenters. The number of ether oxygens (including phenoxy) is 1. The van der Waals surface area contributed by atoms with Gasteiger partial charge in [-0.05, 0) is 24.3 Å². The predicted octanol–water partition coefficient (Wildman–Crippen LogP) is 2.88. The summed E-state index contributed by atoms with van der Waals surface area (Å²) in [5.41, 5.74) is 0. The fourth-order valence-electron chi connectivity index (χ4n) is 2.29. The molecule has 3 rings (SSSR count). The highest BCUT2D eigenvalue weighted by Gasteiger charge is 2.25. The molecule has 0 N–H and O–H groups in total. The van der Waals surface area contributed by atoms with E-state index in [1.807, 2.05) is 18.2 Å². The summed E-state index contributed by atoms with van der Waals surface area (Å²) in [6.45, 7) is 1.63. The minimum atomic E-state index is -0.307. The van der Waals surface area contributed by atoms with Crippen LogP contribution in [0.15, 0.2) is 48.7 Å². The van der Waals surface area contributed by atoms with Crippen LogP contribution in [-0.2, 0) is 0 Å². The first-order valence-corrected chi connectivity index (χ1v) is 6.40. The van der Waals surface area contributed by atoms with E-state index in [4.69, 9.17) is 4.74 Å². The molecule has 3 nitrogen and oxygen atoms in total. The second kappa shape index (κ2) is 5.26. The van der Waals surface area contributed by atoms with E-state index in [1.54, 1.807) is 24.4 Å². The lowest BCUT2D eigenvalue weighted by molar-refractivity contribution is 0.215. The van der Waals surface area contributed by atoms with Crippen molar-refractivity contribution in [2.75, 3.05) is 18.0 Å². The molecule has 0 bridgehead atoms. The summed E-state index contributed by atoms with van der Waals surface area (Å²) in [4.78, 5) is 6.47. The number of rotatable bonds is 3. The van der Waals surface area contributed by atoms with E-state index >= 15 is 0 Å². The Balaban J connectivity index is 1.65. The highest BCUT2D eigenvalue weighted by atomic mass is 19.1. The maximum atomic E-state index is 13.5. The summed E-state index contributed by atoms with van der Waals surface area (Å²) in [6.07, 6.45) is 2.67. The molecule has 0 spiro atoms. The van der Waals surface area contributed by atoms with Crippen molar-refractivity contribution in [2.45, 2.75) is 12.5 Å². The van der Waals surface area contributed by atoms with Crippen molar-refractivity contribution in [1.82, 2.24) is 4.98 Å². The number of hydrogen-bond donors (Lipinski definition) is 0. The zero-order valence-electron chi connectivity index (χ0n) is 10.5. The monoisotopic (exact) mass is 258 g/mol. The van der Waals surface area contributed by atoms with Gasteiger partial charge in [-0.15, -0.1) is 0 Å². The maximum Gasteiger partial charge on any atom is 0.165 e. The molecule has 2 heterocycles. The SMILES string of the molecule is Fc1ccccc1OC1CCN(c2ccccn2)C1. The summed E-state index contributed by atoms with van der Waals surface area (Å²) in [5, 5.41) is 0. The quantitative estimate of drug-likeness (QED) is 0.846. The van der Waals surface area contributed by atoms with Gasteiger partial charge in [0.2, 0.25) is 0 Å². The molecular weight excluding hydrogens is 243 g/mol. The van der Waals surface area contributed by atoms with E-state index in [-0.39, 0.29) is 11.9 Å². The van der Waals surface area contributed by atoms with E-state index in [0.29, 0.717) is 5.75 Å². The number of nitrogens with zero attached hydrogens (tertiary/aromatic N) is 2. The van der Waals surface area contributed by atoms with Crippen molar-refractivity contribution in [1.29, 1.82) is 0 Å². The minimum Gasteiger partial charge on any atom is -0.485 e. The molecule has 1 aromatic heterocycles. The van der Waals surface area contributed by atoms with Crippen molar-refractivity contribution < 1.29 is 9.13 Å². The molecule has 0 amide bonds. The van der Waals surface area contributed by atoms with E-state index in [9.17, 15) is 4.39 Å². The van der Waals surface area contributed by atoms with Crippen LogP contribution >= 0.6 is 0 Å². The average molecular weight is 258 g/mol. The van der Waals surface area contributed by atoms with Gasteiger partial charge in [-0.2, -0.15) is 0 Å². The smallest absolute Gasteiger partial charge is 0.165 e. The largest absolute Gasteiger partial charge is 0.485 e. The van der Waals surface area contributed by atoms with Crippen molar-refractivity contribution in [3.63, 3.8) is 0 Å². The molecule has 1 aliphatic rings. The van der Waals surface area contributed by atoms with Gasteiger partial charge in [-0.1, -0.05) is 18.2 Å². The fraction of sp³-hybridized carbons (Fsp3) is 0.267. The van der Waals surface area contributed by atoms with E-state index in [2.05, 4.69) is 9.88 Å². The van der Waals surface area contributed by atoms with E-state index in [0.717, 1.165) is 25.3 Å². The first kappa shape index (κ1) is 12.0. The van der Waals surface area contributed by atoms with Crippen LogP contribution in [0.25, 0.3) is 0 Å². The zero-order valence-corrected chi connectivity index (χ0v) is 10.5. The average Bonchev–Trinajstić information content (AvgIpc) is 2.91. The van der Waals surface area contributed by atoms with Gasteiger partial charge in [0.15, 0.2) is 11.6 Å². The molecule has 4 heteroatoms. The topological polar surface area (TPSA) is 25.4 Å². The Hall–Kier alpha value is -2.10. The Labute approximate surface area is 111 Å². The van der Waals surface area contributed by atoms with E-state index < -0.39 is 0 Å². The summed E-state index contributed by atoms with van der Waals surface area (Å²) < 4.78 is 19.2. The molecule has 1 fully saturated rings. The van der Waals surface area contributed by atoms with Crippen LogP contribution in [-0.4, -0.2) is 24.2 Å². The molecule has 0 aliphatic carbocycles. The third-order valence-electron chi connectivity index (χ3n) is 3.25. The van der Waals surface area contributed by atoms with Crippen molar-refractivity contribution in [3.8, 4) is 5.75 Å². The minimum absolute atomic E-state index is 0.0129. The van der Waals surface area contributed by atoms with Crippen LogP contribution in [0.1, 0.15) is 6.42 Å². The molecule has 0 radical (unpaired) electrons. The number of hydrogen-bond acceptors (Lipinski definition) is 3. The van der Waals surface area contributed by atoms with Gasteiger partial charge in [-0.3, -0.25) is 0 Å². The molecular formula is C15H15FN2O. The van der Waals surface area contributed by atoms with Crippen LogP contribution in [0.4, 0.5) is 10.2 Å². The van der Waals surface area contributed by atoms with Crippen LogP contribution in [0.2, 0.25) is 0 Å². The lowest BCUT2D eigenvalue weighted by Crippen LogP contribution is -2.25. The third-order valence-corrected chi connectivity index (χ3v) is 3.25. The number of halogens is 1. The number of benzene rings is 1. The van der Waals surface area contributed by atoms with Crippen LogP contribution < -0.4 is 9.64 Å². The summed E-state index contributed by atoms with van der Waals surface area (Å²) in [7, 11) is 0. The second-order valence-electron chi connectivity index (χ2n) is 4.59. The Morgan fingerprint density at radius 2 is 2.00 bits per heavy atom. The first-order valence-electron chi connectivity index (χ1n) is 6.40. The van der Waals surface area contributed by atoms with Crippen LogP contribution in [0.3, 0.4) is 0 Å². The van der Waals surface area contributed by atoms with Gasteiger partial charge in [-0.25, -0.2) is 9.37 Å². The van der Waals surface area contributed by atoms with Crippen molar-refractivity contribution in [2.24, 2.45) is 0 Å². The Morgan fingerprint density at radius 1 is 1.16 bits per heavy atom. The molecule has 19 heavy (non-hydrogen) atoms. The van der Waals surface area contributed by atoms with Crippen molar-refractivity contribution >= 4 is 5.82 Å². The number of para-hydroxylation sites is 1. The lowest BCUT2D eigenvalue weighted by atomic mass is 10.3. The van der Waals surface area contributed by atoms with Gasteiger partial charge in [0.1, 0.15) is 11.9 Å². The summed E-state index contributed by atoms with van der Waals surface area (Å²) in [6, 6.07) is 12.4. The molecule has 0 saturated carbocycles. The highest BCUT2D eigenvalue weighted by molar-refractivity contribution is 5.39. The number of aromatic nitrogens is 1. The third kappa shape index (κ3) is 2.67. The number of anilines is 1. The van der Waals surface area contributed by atoms with Crippen LogP contribution in [0, 0.1) is 5.82 Å². The van der Waals surface area contributed by atoms with E-state index in [1.165, 1.54) is 6.07 Å². The zero-order chi connectivity index (χ0) is 13.1. The maximum absolute atomic E-state index is 13.5. The normalized spacial score (nSPS) is 18.6. The Bertz CT molecular complexity index is 547. The Kier molecular flexibility index (Phi) is 3.31. The molecule has 1 aromatic carbocycles. The van der Waals surface area contributed by atoms with Gasteiger partial charge in [0.25, 0.3) is 0 Å². The lowest BCUT2D eigenvalue weighted by Gasteiger charge is -2.18. The fourth-order valence-corrected chi connectivity index (χ4v) is 2.29. The number of pyridine rings is 1. The molecule has 1 aliphatic heterocycles. The van der Waals surface area contributed by atoms with Gasteiger partial charge in [0, 0.05) is 19.2 Å². The highest BCUT2D eigenvalue weighted by Crippen LogP contribution is 2.23. The molecule has 1 saturated heterocycles. The van der Waals surface area contributed by atoms with Crippen LogP contribution in [0.5, 0.6) is 5.75 Å². The van der Waals surface area contributed by atoms with Gasteiger partial charge in [0.05, 0.1) is 6.54 Å². The summed E-state index contributed by atoms with van der Waals surface area (Å²) >= 11 is 0. The van der Waals surface area contributed by atoms with Gasteiger partial charge < -0.3 is 9.64 Å². The first-order chi connectivity index (χ1) is 9.33.